The van der Waals surface area contributed by atoms with Crippen LogP contribution in [0.25, 0.3) is 0 Å². The van der Waals surface area contributed by atoms with Crippen LogP contribution >= 0.6 is 0 Å². The second-order valence-corrected chi connectivity index (χ2v) is 4.59. The number of nitrogens with one attached hydrogen (secondary N) is 2. The van der Waals surface area contributed by atoms with Crippen molar-refractivity contribution in [3.05, 3.63) is 0 Å². The molecule has 0 radical (unpaired) electrons. The lowest BCUT2D eigenvalue weighted by Gasteiger charge is -2.27. The topological polar surface area (TPSA) is 134 Å². The van der Waals surface area contributed by atoms with E-state index < -0.39 is 23.3 Å². The molecule has 8 nitrogen and oxygen atoms in total. The summed E-state index contributed by atoms with van der Waals surface area (Å²) in [6.45, 7) is 2.92. The highest BCUT2D eigenvalue weighted by molar-refractivity contribution is 6.08. The van der Waals surface area contributed by atoms with Gasteiger partial charge in [-0.05, 0) is 20.3 Å². The van der Waals surface area contributed by atoms with Crippen molar-refractivity contribution in [1.29, 1.82) is 0 Å². The number of oxime groups is 1. The van der Waals surface area contributed by atoms with Gasteiger partial charge >= 0.3 is 0 Å². The van der Waals surface area contributed by atoms with Crippen LogP contribution in [0.2, 0.25) is 0 Å². The summed E-state index contributed by atoms with van der Waals surface area (Å²) in [4.78, 5) is 34.3. The van der Waals surface area contributed by atoms with E-state index >= 15 is 0 Å². The number of nitrogens with two attached hydrogens (primary N) is 1. The van der Waals surface area contributed by atoms with Crippen LogP contribution in [0.4, 0.5) is 0 Å². The number of carbonyl (C=O) groups excluding carboxylic acids is 3. The molecule has 3 amide bonds. The molecule has 1 atom stereocenters. The summed E-state index contributed by atoms with van der Waals surface area (Å²) >= 11 is 0. The number of imide groups is 1. The molecule has 0 bridgehead atoms. The smallest absolute Gasteiger partial charge is 0.249 e. The van der Waals surface area contributed by atoms with Crippen molar-refractivity contribution in [3.8, 4) is 0 Å². The van der Waals surface area contributed by atoms with Gasteiger partial charge in [0.05, 0.1) is 0 Å². The summed E-state index contributed by atoms with van der Waals surface area (Å²) in [5.41, 5.74) is 4.16. The van der Waals surface area contributed by atoms with E-state index in [0.717, 1.165) is 0 Å². The van der Waals surface area contributed by atoms with E-state index in [1.54, 1.807) is 0 Å². The minimum absolute atomic E-state index is 0.167. The predicted octanol–water partition coefficient (Wildman–Crippen LogP) is -1.32. The maximum Gasteiger partial charge on any atom is 0.249 e. The Balaban J connectivity index is 2.71. The monoisotopic (exact) mass is 256 g/mol. The van der Waals surface area contributed by atoms with Crippen LogP contribution in [0.5, 0.6) is 0 Å². The minimum Gasteiger partial charge on any atom is -0.409 e. The van der Waals surface area contributed by atoms with Crippen LogP contribution in [-0.2, 0) is 14.4 Å². The first-order valence-electron chi connectivity index (χ1n) is 5.41. The molecule has 0 aromatic heterocycles. The molecular weight excluding hydrogens is 240 g/mol. The third-order valence-electron chi connectivity index (χ3n) is 2.86. The Morgan fingerprint density at radius 3 is 2.67 bits per heavy atom. The molecule has 1 heterocycles. The molecule has 1 fully saturated rings. The highest BCUT2D eigenvalue weighted by Crippen LogP contribution is 2.16. The van der Waals surface area contributed by atoms with Crippen molar-refractivity contribution in [2.75, 3.05) is 0 Å². The van der Waals surface area contributed by atoms with Crippen LogP contribution in [0.1, 0.15) is 26.7 Å². The second-order valence-electron chi connectivity index (χ2n) is 4.59. The van der Waals surface area contributed by atoms with Gasteiger partial charge in [-0.2, -0.15) is 0 Å². The van der Waals surface area contributed by atoms with Gasteiger partial charge in [0.1, 0.15) is 11.5 Å². The first kappa shape index (κ1) is 13.9. The van der Waals surface area contributed by atoms with E-state index in [0.29, 0.717) is 0 Å². The third kappa shape index (κ3) is 2.76. The summed E-state index contributed by atoms with van der Waals surface area (Å²) in [7, 11) is 0. The maximum atomic E-state index is 11.9. The average Bonchev–Trinajstić information content (AvgIpc) is 2.31. The Hall–Kier alpha value is -2.12. The first-order chi connectivity index (χ1) is 8.28. The highest BCUT2D eigenvalue weighted by Gasteiger charge is 2.36. The van der Waals surface area contributed by atoms with E-state index in [-0.39, 0.29) is 24.6 Å². The van der Waals surface area contributed by atoms with Crippen molar-refractivity contribution in [2.24, 2.45) is 16.3 Å². The highest BCUT2D eigenvalue weighted by atomic mass is 16.4. The quantitative estimate of drug-likeness (QED) is 0.163. The zero-order valence-corrected chi connectivity index (χ0v) is 10.2. The fraction of sp³-hybridized carbons (Fsp3) is 0.600. The number of amides is 3. The summed E-state index contributed by atoms with van der Waals surface area (Å²) < 4.78 is 0. The van der Waals surface area contributed by atoms with E-state index in [1.807, 2.05) is 0 Å². The van der Waals surface area contributed by atoms with Gasteiger partial charge < -0.3 is 16.3 Å². The number of amidine groups is 1. The zero-order valence-electron chi connectivity index (χ0n) is 10.2. The van der Waals surface area contributed by atoms with Gasteiger partial charge in [-0.1, -0.05) is 5.16 Å². The Morgan fingerprint density at radius 2 is 2.17 bits per heavy atom. The van der Waals surface area contributed by atoms with Crippen molar-refractivity contribution >= 4 is 23.6 Å². The van der Waals surface area contributed by atoms with Crippen LogP contribution in [0.15, 0.2) is 5.16 Å². The number of carbonyl (C=O) groups is 3. The van der Waals surface area contributed by atoms with E-state index in [1.165, 1.54) is 13.8 Å². The van der Waals surface area contributed by atoms with Gasteiger partial charge in [0.25, 0.3) is 0 Å². The molecular formula is C10H16N4O4. The van der Waals surface area contributed by atoms with Crippen LogP contribution in [0.3, 0.4) is 0 Å². The van der Waals surface area contributed by atoms with Crippen molar-refractivity contribution < 1.29 is 19.6 Å². The van der Waals surface area contributed by atoms with Gasteiger partial charge in [0.2, 0.25) is 17.7 Å². The fourth-order valence-electron chi connectivity index (χ4n) is 1.41. The molecule has 1 aliphatic rings. The lowest BCUT2D eigenvalue weighted by Crippen LogP contribution is -2.56. The lowest BCUT2D eigenvalue weighted by atomic mass is 9.90. The molecule has 0 aliphatic carbocycles. The Bertz CT molecular complexity index is 416. The molecule has 1 saturated heterocycles. The van der Waals surface area contributed by atoms with Crippen molar-refractivity contribution in [1.82, 2.24) is 10.6 Å². The van der Waals surface area contributed by atoms with Crippen LogP contribution < -0.4 is 16.4 Å². The standard InChI is InChI=1S/C10H16N4O4/c1-10(2,8(11)14-18)9(17)12-5-3-4-6(15)13-7(5)16/h5,18H,3-4H2,1-2H3,(H2,11,14)(H,12,17)(H,13,15,16). The third-order valence-corrected chi connectivity index (χ3v) is 2.86. The van der Waals surface area contributed by atoms with E-state index in [4.69, 9.17) is 10.9 Å². The number of nitrogens with zero attached hydrogens (tertiary/aromatic N) is 1. The SMILES string of the molecule is CC(C)(C(=O)NC1CCC(=O)NC1=O)C(N)=NO. The minimum atomic E-state index is -1.24. The number of hydrogen-bond donors (Lipinski definition) is 4. The Kier molecular flexibility index (Phi) is 3.89. The molecule has 8 heteroatoms. The maximum absolute atomic E-state index is 11.9. The summed E-state index contributed by atoms with van der Waals surface area (Å²) in [5, 5.41) is 16.0. The number of rotatable bonds is 3. The largest absolute Gasteiger partial charge is 0.409 e. The number of piperidine rings is 1. The first-order valence-corrected chi connectivity index (χ1v) is 5.41. The molecule has 18 heavy (non-hydrogen) atoms. The predicted molar refractivity (Wildman–Crippen MR) is 61.5 cm³/mol. The molecule has 1 rings (SSSR count). The van der Waals surface area contributed by atoms with Crippen molar-refractivity contribution in [2.45, 2.75) is 32.7 Å². The van der Waals surface area contributed by atoms with E-state index in [9.17, 15) is 14.4 Å². The van der Waals surface area contributed by atoms with Crippen molar-refractivity contribution in [3.63, 3.8) is 0 Å². The zero-order chi connectivity index (χ0) is 13.9. The van der Waals surface area contributed by atoms with Gasteiger partial charge in [-0.15, -0.1) is 0 Å². The van der Waals surface area contributed by atoms with Gasteiger partial charge in [-0.3, -0.25) is 19.7 Å². The normalized spacial score (nSPS) is 21.4. The molecule has 0 aromatic rings. The Labute approximate surface area is 104 Å². The average molecular weight is 256 g/mol. The molecule has 1 aliphatic heterocycles. The summed E-state index contributed by atoms with van der Waals surface area (Å²) in [6, 6.07) is -0.777. The molecule has 0 spiro atoms. The molecule has 0 saturated carbocycles. The summed E-state index contributed by atoms with van der Waals surface area (Å²) in [6.07, 6.45) is 0.406. The molecule has 100 valence electrons. The molecule has 5 N–H and O–H groups in total. The number of hydrogen-bond acceptors (Lipinski definition) is 5. The second kappa shape index (κ2) is 5.03. The van der Waals surface area contributed by atoms with E-state index in [2.05, 4.69) is 15.8 Å². The summed E-state index contributed by atoms with van der Waals surface area (Å²) in [5.74, 6) is -1.71. The van der Waals surface area contributed by atoms with Crippen LogP contribution in [-0.4, -0.2) is 34.8 Å². The van der Waals surface area contributed by atoms with Gasteiger partial charge in [0, 0.05) is 6.42 Å². The van der Waals surface area contributed by atoms with Gasteiger partial charge in [0.15, 0.2) is 5.84 Å². The molecule has 1 unspecified atom stereocenters. The molecule has 0 aromatic carbocycles. The lowest BCUT2D eigenvalue weighted by molar-refractivity contribution is -0.138. The van der Waals surface area contributed by atoms with Crippen LogP contribution in [0, 0.1) is 5.41 Å². The Morgan fingerprint density at radius 1 is 1.56 bits per heavy atom. The fourth-order valence-corrected chi connectivity index (χ4v) is 1.41. The van der Waals surface area contributed by atoms with Gasteiger partial charge in [-0.25, -0.2) is 0 Å².